The zero-order valence-electron chi connectivity index (χ0n) is 26.5. The van der Waals surface area contributed by atoms with Gasteiger partial charge < -0.3 is 13.6 Å². The van der Waals surface area contributed by atoms with E-state index in [1.165, 1.54) is 59.9 Å². The Morgan fingerprint density at radius 1 is 0.306 bits per heavy atom. The van der Waals surface area contributed by atoms with Crippen LogP contribution in [0.2, 0.25) is 0 Å². The summed E-state index contributed by atoms with van der Waals surface area (Å²) in [5.41, 5.74) is 11.2. The third-order valence-corrected chi connectivity index (χ3v) is 10.3. The molecule has 11 aromatic rings. The fraction of sp³-hybridized carbons (Fsp3) is 0. The van der Waals surface area contributed by atoms with Gasteiger partial charge >= 0.3 is 0 Å². The van der Waals surface area contributed by atoms with Gasteiger partial charge in [-0.1, -0.05) is 97.1 Å². The van der Waals surface area contributed by atoms with Crippen molar-refractivity contribution in [3.8, 4) is 22.5 Å². The number of hydrogen-bond acceptors (Lipinski definition) is 1. The minimum absolute atomic E-state index is 0.908. The Hall–Kier alpha value is -6.58. The molecule has 0 unspecified atom stereocenters. The Balaban J connectivity index is 1.15. The maximum atomic E-state index is 6.32. The third kappa shape index (κ3) is 3.84. The largest absolute Gasteiger partial charge is 0.456 e. The van der Waals surface area contributed by atoms with Crippen LogP contribution in [0.3, 0.4) is 0 Å². The minimum Gasteiger partial charge on any atom is -0.456 e. The maximum absolute atomic E-state index is 6.32. The van der Waals surface area contributed by atoms with Crippen LogP contribution in [0, 0.1) is 0 Å². The van der Waals surface area contributed by atoms with Crippen molar-refractivity contribution in [2.75, 3.05) is 0 Å². The lowest BCUT2D eigenvalue weighted by Gasteiger charge is -2.11. The molecular weight excluding hydrogens is 597 g/mol. The molecule has 0 N–H and O–H groups in total. The summed E-state index contributed by atoms with van der Waals surface area (Å²) in [7, 11) is 0. The number of benzene rings is 8. The Morgan fingerprint density at radius 3 is 1.65 bits per heavy atom. The molecule has 0 spiro atoms. The van der Waals surface area contributed by atoms with Gasteiger partial charge in [0.05, 0.1) is 22.1 Å². The Kier molecular flexibility index (Phi) is 5.38. The highest BCUT2D eigenvalue weighted by Gasteiger charge is 2.19. The Bertz CT molecular complexity index is 3100. The second kappa shape index (κ2) is 9.96. The van der Waals surface area contributed by atoms with E-state index in [0.717, 1.165) is 38.9 Å². The van der Waals surface area contributed by atoms with Gasteiger partial charge in [-0.15, -0.1) is 0 Å². The molecular formula is C46H28N2O. The van der Waals surface area contributed by atoms with Gasteiger partial charge in [-0.2, -0.15) is 0 Å². The van der Waals surface area contributed by atoms with Crippen LogP contribution in [0.1, 0.15) is 0 Å². The molecule has 0 aliphatic rings. The van der Waals surface area contributed by atoms with Gasteiger partial charge in [-0.3, -0.25) is 0 Å². The Morgan fingerprint density at radius 2 is 0.898 bits per heavy atom. The van der Waals surface area contributed by atoms with Crippen LogP contribution in [0.25, 0.3) is 98.8 Å². The van der Waals surface area contributed by atoms with Crippen molar-refractivity contribution in [3.05, 3.63) is 170 Å². The summed E-state index contributed by atoms with van der Waals surface area (Å²) < 4.78 is 11.2. The monoisotopic (exact) mass is 624 g/mol. The molecule has 228 valence electrons. The van der Waals surface area contributed by atoms with Crippen molar-refractivity contribution in [1.82, 2.24) is 9.13 Å². The van der Waals surface area contributed by atoms with Crippen molar-refractivity contribution < 1.29 is 4.42 Å². The maximum Gasteiger partial charge on any atom is 0.136 e. The number of aromatic nitrogens is 2. The van der Waals surface area contributed by atoms with Gasteiger partial charge in [0.1, 0.15) is 11.2 Å². The van der Waals surface area contributed by atoms with Crippen LogP contribution in [0.4, 0.5) is 0 Å². The molecule has 0 aliphatic heterocycles. The summed E-state index contributed by atoms with van der Waals surface area (Å²) in [6.07, 6.45) is 0. The molecule has 3 nitrogen and oxygen atoms in total. The number of nitrogens with zero attached hydrogens (tertiary/aromatic N) is 2. The highest BCUT2D eigenvalue weighted by molar-refractivity contribution is 6.19. The molecule has 0 bridgehead atoms. The topological polar surface area (TPSA) is 23.0 Å². The number of fused-ring (bicyclic) bond motifs is 10. The predicted octanol–water partition coefficient (Wildman–Crippen LogP) is 12.6. The Labute approximate surface area is 281 Å². The van der Waals surface area contributed by atoms with Crippen LogP contribution in [-0.2, 0) is 0 Å². The van der Waals surface area contributed by atoms with E-state index in [1.54, 1.807) is 0 Å². The first kappa shape index (κ1) is 26.5. The van der Waals surface area contributed by atoms with Gasteiger partial charge in [0.25, 0.3) is 0 Å². The average Bonchev–Trinajstić information content (AvgIpc) is 3.80. The lowest BCUT2D eigenvalue weighted by atomic mass is 10.0. The zero-order chi connectivity index (χ0) is 32.1. The number of furan rings is 1. The minimum atomic E-state index is 0.908. The summed E-state index contributed by atoms with van der Waals surface area (Å²) >= 11 is 0. The second-order valence-corrected chi connectivity index (χ2v) is 13.0. The van der Waals surface area contributed by atoms with E-state index in [4.69, 9.17) is 4.42 Å². The van der Waals surface area contributed by atoms with Crippen LogP contribution in [0.5, 0.6) is 0 Å². The van der Waals surface area contributed by atoms with Crippen molar-refractivity contribution in [2.24, 2.45) is 0 Å². The molecule has 3 aromatic heterocycles. The summed E-state index contributed by atoms with van der Waals surface area (Å²) in [6, 6.07) is 61.4. The van der Waals surface area contributed by atoms with Crippen molar-refractivity contribution >= 4 is 76.3 Å². The van der Waals surface area contributed by atoms with Crippen molar-refractivity contribution in [1.29, 1.82) is 0 Å². The third-order valence-electron chi connectivity index (χ3n) is 10.3. The van der Waals surface area contributed by atoms with Crippen LogP contribution < -0.4 is 0 Å². The lowest BCUT2D eigenvalue weighted by Crippen LogP contribution is -1.96. The molecule has 0 saturated heterocycles. The fourth-order valence-electron chi connectivity index (χ4n) is 8.03. The quantitative estimate of drug-likeness (QED) is 0.192. The molecule has 8 aromatic carbocycles. The van der Waals surface area contributed by atoms with Crippen LogP contribution in [0.15, 0.2) is 174 Å². The van der Waals surface area contributed by atoms with Gasteiger partial charge in [-0.25, -0.2) is 0 Å². The standard InChI is InChI=1S/C46H28N2O/c1-2-14-33(15-3-1)47-41-19-8-6-17-35(41)37-27-38-36-18-7-9-20-42(36)48(44(38)28-43(37)47)34-16-10-13-29(23-34)32-21-22-45-39(25-32)40-24-30-11-4-5-12-31(30)26-46(40)49-45/h1-28H. The van der Waals surface area contributed by atoms with Crippen LogP contribution >= 0.6 is 0 Å². The van der Waals surface area contributed by atoms with Gasteiger partial charge in [0.2, 0.25) is 0 Å². The summed E-state index contributed by atoms with van der Waals surface area (Å²) in [6.45, 7) is 0. The number of hydrogen-bond donors (Lipinski definition) is 0. The molecule has 0 fully saturated rings. The van der Waals surface area contributed by atoms with E-state index < -0.39 is 0 Å². The molecule has 3 heteroatoms. The van der Waals surface area contributed by atoms with Crippen molar-refractivity contribution in [3.63, 3.8) is 0 Å². The van der Waals surface area contributed by atoms with E-state index in [0.29, 0.717) is 0 Å². The van der Waals surface area contributed by atoms with Gasteiger partial charge in [0.15, 0.2) is 0 Å². The first-order valence-electron chi connectivity index (χ1n) is 16.8. The fourth-order valence-corrected chi connectivity index (χ4v) is 8.03. The molecule has 0 amide bonds. The van der Waals surface area contributed by atoms with Crippen molar-refractivity contribution in [2.45, 2.75) is 0 Å². The molecule has 0 atom stereocenters. The first-order chi connectivity index (χ1) is 24.3. The first-order valence-corrected chi connectivity index (χ1v) is 16.8. The number of rotatable bonds is 3. The molecule has 0 aliphatic carbocycles. The second-order valence-electron chi connectivity index (χ2n) is 13.0. The zero-order valence-corrected chi connectivity index (χ0v) is 26.5. The van der Waals surface area contributed by atoms with Crippen LogP contribution in [-0.4, -0.2) is 9.13 Å². The lowest BCUT2D eigenvalue weighted by molar-refractivity contribution is 0.669. The smallest absolute Gasteiger partial charge is 0.136 e. The van der Waals surface area contributed by atoms with E-state index >= 15 is 0 Å². The predicted molar refractivity (Wildman–Crippen MR) is 205 cm³/mol. The molecule has 3 heterocycles. The summed E-state index contributed by atoms with van der Waals surface area (Å²) in [4.78, 5) is 0. The molecule has 11 rings (SSSR count). The number of para-hydroxylation sites is 3. The van der Waals surface area contributed by atoms with E-state index in [-0.39, 0.29) is 0 Å². The summed E-state index contributed by atoms with van der Waals surface area (Å²) in [5.74, 6) is 0. The summed E-state index contributed by atoms with van der Waals surface area (Å²) in [5, 5.41) is 9.71. The van der Waals surface area contributed by atoms with Gasteiger partial charge in [0, 0.05) is 43.7 Å². The molecule has 49 heavy (non-hydrogen) atoms. The molecule has 0 saturated carbocycles. The SMILES string of the molecule is c1ccc(-n2c3ccccc3c3cc4c5ccccc5n(-c5cccc(-c6ccc7oc8cc9ccccc9cc8c7c6)c5)c4cc32)cc1. The van der Waals surface area contributed by atoms with E-state index in [2.05, 4.69) is 179 Å². The van der Waals surface area contributed by atoms with Gasteiger partial charge in [-0.05, 0) is 94.7 Å². The highest BCUT2D eigenvalue weighted by Crippen LogP contribution is 2.40. The normalized spacial score (nSPS) is 12.1. The average molecular weight is 625 g/mol. The van der Waals surface area contributed by atoms with E-state index in [1.807, 2.05) is 0 Å². The highest BCUT2D eigenvalue weighted by atomic mass is 16.3. The molecule has 0 radical (unpaired) electrons. The van der Waals surface area contributed by atoms with E-state index in [9.17, 15) is 0 Å².